The van der Waals surface area contributed by atoms with Crippen molar-refractivity contribution in [2.45, 2.75) is 45.4 Å². The molecular formula is C21H30N4O3S. The summed E-state index contributed by atoms with van der Waals surface area (Å²) in [6, 6.07) is 1.62. The van der Waals surface area contributed by atoms with Gasteiger partial charge in [0.05, 0.1) is 0 Å². The lowest BCUT2D eigenvalue weighted by atomic mass is 9.99. The molecule has 3 aliphatic rings. The number of likely N-dealkylation sites (N-methyl/N-ethyl adjacent to an activating group) is 1. The van der Waals surface area contributed by atoms with Crippen LogP contribution in [0.3, 0.4) is 0 Å². The molecule has 4 rings (SSSR count). The van der Waals surface area contributed by atoms with Gasteiger partial charge in [-0.1, -0.05) is 11.6 Å². The molecule has 7 nitrogen and oxygen atoms in total. The summed E-state index contributed by atoms with van der Waals surface area (Å²) < 4.78 is 28.7. The summed E-state index contributed by atoms with van der Waals surface area (Å²) in [6.45, 7) is 3.52. The van der Waals surface area contributed by atoms with Crippen molar-refractivity contribution in [3.05, 3.63) is 39.5 Å². The first kappa shape index (κ1) is 20.4. The third-order valence-corrected chi connectivity index (χ3v) is 7.55. The van der Waals surface area contributed by atoms with Gasteiger partial charge >= 0.3 is 16.2 Å². The van der Waals surface area contributed by atoms with Gasteiger partial charge in [-0.05, 0) is 87.4 Å². The van der Waals surface area contributed by atoms with Crippen molar-refractivity contribution in [1.82, 2.24) is 13.9 Å². The van der Waals surface area contributed by atoms with Crippen LogP contribution < -0.4 is 10.0 Å². The molecule has 8 heteroatoms. The van der Waals surface area contributed by atoms with Gasteiger partial charge < -0.3 is 10.2 Å². The summed E-state index contributed by atoms with van der Waals surface area (Å²) in [4.78, 5) is 14.6. The quantitative estimate of drug-likeness (QED) is 0.719. The van der Waals surface area contributed by atoms with Crippen LogP contribution in [0.25, 0.3) is 0 Å². The number of urea groups is 1. The minimum Gasteiger partial charge on any atom is -0.307 e. The van der Waals surface area contributed by atoms with E-state index in [1.807, 2.05) is 21.0 Å². The molecule has 2 amide bonds. The summed E-state index contributed by atoms with van der Waals surface area (Å²) in [7, 11) is 0.130. The van der Waals surface area contributed by atoms with Gasteiger partial charge in [0.15, 0.2) is 0 Å². The summed E-state index contributed by atoms with van der Waals surface area (Å²) in [6.07, 6.45) is 6.12. The van der Waals surface area contributed by atoms with Crippen molar-refractivity contribution in [3.63, 3.8) is 0 Å². The van der Waals surface area contributed by atoms with E-state index in [1.54, 1.807) is 0 Å². The van der Waals surface area contributed by atoms with Crippen LogP contribution >= 0.6 is 0 Å². The van der Waals surface area contributed by atoms with Crippen LogP contribution in [0.4, 0.5) is 10.5 Å². The monoisotopic (exact) mass is 418 g/mol. The third kappa shape index (κ3) is 4.06. The van der Waals surface area contributed by atoms with Gasteiger partial charge in [-0.3, -0.25) is 0 Å². The van der Waals surface area contributed by atoms with Crippen LogP contribution in [-0.2, 0) is 35.9 Å². The lowest BCUT2D eigenvalue weighted by Gasteiger charge is -2.34. The maximum absolute atomic E-state index is 12.6. The Morgan fingerprint density at radius 1 is 1.07 bits per heavy atom. The third-order valence-electron chi connectivity index (χ3n) is 6.16. The van der Waals surface area contributed by atoms with Crippen LogP contribution in [0.2, 0.25) is 0 Å². The van der Waals surface area contributed by atoms with Gasteiger partial charge in [-0.25, -0.2) is 9.52 Å². The van der Waals surface area contributed by atoms with Crippen molar-refractivity contribution in [2.75, 3.05) is 39.0 Å². The molecule has 29 heavy (non-hydrogen) atoms. The number of fused-ring (bicyclic) bond motifs is 2. The molecule has 1 heterocycles. The van der Waals surface area contributed by atoms with Crippen molar-refractivity contribution < 1.29 is 13.2 Å². The van der Waals surface area contributed by atoms with E-state index in [9.17, 15) is 13.2 Å². The van der Waals surface area contributed by atoms with Crippen molar-refractivity contribution in [1.29, 1.82) is 0 Å². The van der Waals surface area contributed by atoms with Gasteiger partial charge in [0.25, 0.3) is 0 Å². The van der Waals surface area contributed by atoms with Crippen LogP contribution in [0.5, 0.6) is 0 Å². The number of benzene rings is 1. The van der Waals surface area contributed by atoms with Gasteiger partial charge in [-0.15, -0.1) is 0 Å². The Morgan fingerprint density at radius 3 is 2.21 bits per heavy atom. The number of anilines is 1. The van der Waals surface area contributed by atoms with E-state index in [1.165, 1.54) is 32.1 Å². The number of aryl methyl sites for hydroxylation is 2. The van der Waals surface area contributed by atoms with E-state index in [0.717, 1.165) is 56.3 Å². The first-order valence-electron chi connectivity index (χ1n) is 10.3. The molecule has 0 atom stereocenters. The van der Waals surface area contributed by atoms with Crippen LogP contribution in [0.15, 0.2) is 17.2 Å². The van der Waals surface area contributed by atoms with E-state index >= 15 is 0 Å². The molecule has 1 aromatic rings. The van der Waals surface area contributed by atoms with Crippen LogP contribution in [-0.4, -0.2) is 57.4 Å². The highest BCUT2D eigenvalue weighted by Crippen LogP contribution is 2.38. The van der Waals surface area contributed by atoms with E-state index in [-0.39, 0.29) is 0 Å². The second kappa shape index (κ2) is 7.74. The van der Waals surface area contributed by atoms with E-state index in [2.05, 4.69) is 21.0 Å². The molecule has 158 valence electrons. The van der Waals surface area contributed by atoms with E-state index in [0.29, 0.717) is 13.1 Å². The highest BCUT2D eigenvalue weighted by atomic mass is 32.2. The first-order valence-corrected chi connectivity index (χ1v) is 11.8. The maximum Gasteiger partial charge on any atom is 0.333 e. The number of nitrogens with zero attached hydrogens (tertiary/aromatic N) is 2. The van der Waals surface area contributed by atoms with Gasteiger partial charge in [-0.2, -0.15) is 12.7 Å². The molecule has 1 aliphatic heterocycles. The van der Waals surface area contributed by atoms with Crippen LogP contribution in [0.1, 0.15) is 42.0 Å². The molecule has 2 N–H and O–H groups in total. The Hall–Kier alpha value is -1.90. The second-order valence-electron chi connectivity index (χ2n) is 8.68. The fourth-order valence-electron chi connectivity index (χ4n) is 4.69. The topological polar surface area (TPSA) is 81.8 Å². The summed E-state index contributed by atoms with van der Waals surface area (Å²) in [5.41, 5.74) is 8.13. The van der Waals surface area contributed by atoms with Crippen molar-refractivity contribution >= 4 is 21.9 Å². The SMILES string of the molecule is CC(CN(C)C)=C1CN(S(=O)(=O)NC(=O)Nc2c3c(cc4c2CCC4)CCC3)C1. The predicted molar refractivity (Wildman–Crippen MR) is 114 cm³/mol. The number of nitrogens with one attached hydrogen (secondary N) is 2. The maximum atomic E-state index is 12.6. The fourth-order valence-corrected chi connectivity index (χ4v) is 5.76. The molecule has 0 spiro atoms. The molecule has 0 unspecified atom stereocenters. The molecule has 1 saturated heterocycles. The molecule has 0 radical (unpaired) electrons. The lowest BCUT2D eigenvalue weighted by molar-refractivity contribution is 0.255. The number of hydrogen-bond donors (Lipinski definition) is 2. The Balaban J connectivity index is 1.44. The number of amides is 2. The predicted octanol–water partition coefficient (Wildman–Crippen LogP) is 2.22. The molecule has 2 aliphatic carbocycles. The first-order chi connectivity index (χ1) is 13.7. The Morgan fingerprint density at radius 2 is 1.66 bits per heavy atom. The van der Waals surface area contributed by atoms with E-state index in [4.69, 9.17) is 0 Å². The summed E-state index contributed by atoms with van der Waals surface area (Å²) in [5, 5.41) is 2.89. The summed E-state index contributed by atoms with van der Waals surface area (Å²) in [5.74, 6) is 0. The van der Waals surface area contributed by atoms with Crippen LogP contribution in [0, 0.1) is 0 Å². The molecule has 1 aromatic carbocycles. The molecule has 0 aromatic heterocycles. The zero-order valence-corrected chi connectivity index (χ0v) is 18.3. The second-order valence-corrected chi connectivity index (χ2v) is 10.4. The minimum atomic E-state index is -3.84. The summed E-state index contributed by atoms with van der Waals surface area (Å²) >= 11 is 0. The average Bonchev–Trinajstić information content (AvgIpc) is 3.20. The largest absolute Gasteiger partial charge is 0.333 e. The normalized spacial score (nSPS) is 18.4. The fraction of sp³-hybridized carbons (Fsp3) is 0.571. The molecule has 0 bridgehead atoms. The average molecular weight is 419 g/mol. The minimum absolute atomic E-state index is 0.346. The Labute approximate surface area is 173 Å². The highest BCUT2D eigenvalue weighted by Gasteiger charge is 2.34. The van der Waals surface area contributed by atoms with Crippen molar-refractivity contribution in [3.8, 4) is 0 Å². The smallest absolute Gasteiger partial charge is 0.307 e. The molecule has 0 saturated carbocycles. The number of rotatable bonds is 5. The Kier molecular flexibility index (Phi) is 5.44. The standard InChI is InChI=1S/C21H30N4O3S/c1-14(11-24(2)3)17-12-25(13-17)29(27,28)23-21(26)22-20-18-8-4-6-15(18)10-16-7-5-9-19(16)20/h10H,4-9,11-13H2,1-3H3,(H2,22,23,26). The van der Waals surface area contributed by atoms with Gasteiger partial charge in [0.2, 0.25) is 0 Å². The Bertz CT molecular complexity index is 942. The zero-order chi connectivity index (χ0) is 20.8. The van der Waals surface area contributed by atoms with E-state index < -0.39 is 16.2 Å². The highest BCUT2D eigenvalue weighted by molar-refractivity contribution is 7.87. The molecular weight excluding hydrogens is 388 g/mol. The lowest BCUT2D eigenvalue weighted by Crippen LogP contribution is -2.52. The van der Waals surface area contributed by atoms with Crippen molar-refractivity contribution in [2.24, 2.45) is 0 Å². The number of carbonyl (C=O) groups excluding carboxylic acids is 1. The number of hydrogen-bond acceptors (Lipinski definition) is 4. The van der Waals surface area contributed by atoms with Gasteiger partial charge in [0.1, 0.15) is 0 Å². The van der Waals surface area contributed by atoms with Gasteiger partial charge in [0, 0.05) is 25.3 Å². The molecule has 1 fully saturated rings. The zero-order valence-electron chi connectivity index (χ0n) is 17.5. The number of carbonyl (C=O) groups is 1.